The maximum Gasteiger partial charge on any atom is 0.213 e. The molecule has 2 rings (SSSR count). The van der Waals surface area contributed by atoms with Gasteiger partial charge in [-0.2, -0.15) is 0 Å². The highest BCUT2D eigenvalue weighted by Crippen LogP contribution is 2.12. The minimum atomic E-state index is 0.588. The molecule has 0 amide bonds. The minimum absolute atomic E-state index is 0.588. The summed E-state index contributed by atoms with van der Waals surface area (Å²) in [6, 6.07) is 13.6. The number of benzene rings is 1. The van der Waals surface area contributed by atoms with Crippen molar-refractivity contribution in [1.82, 2.24) is 4.98 Å². The molecule has 2 aromatic rings. The number of pyridine rings is 1. The van der Waals surface area contributed by atoms with Crippen LogP contribution in [0.2, 0.25) is 0 Å². The first-order valence-electron chi connectivity index (χ1n) is 5.65. The molecule has 17 heavy (non-hydrogen) atoms. The molecule has 1 heterocycles. The van der Waals surface area contributed by atoms with Crippen LogP contribution in [-0.4, -0.2) is 11.6 Å². The lowest BCUT2D eigenvalue weighted by molar-refractivity contribution is 0.309. The van der Waals surface area contributed by atoms with Crippen molar-refractivity contribution in [3.63, 3.8) is 0 Å². The molecule has 0 aliphatic heterocycles. The number of nitrogens with zero attached hydrogens (tertiary/aromatic N) is 1. The molecule has 3 heteroatoms. The molecule has 0 spiro atoms. The second-order valence-electron chi connectivity index (χ2n) is 3.91. The molecule has 0 radical (unpaired) electrons. The fourth-order valence-corrected chi connectivity index (χ4v) is 1.63. The predicted molar refractivity (Wildman–Crippen MR) is 69.0 cm³/mol. The van der Waals surface area contributed by atoms with E-state index in [9.17, 15) is 0 Å². The van der Waals surface area contributed by atoms with E-state index < -0.39 is 0 Å². The molecule has 1 aromatic heterocycles. The number of nitrogen functional groups attached to an aromatic ring is 1. The summed E-state index contributed by atoms with van der Waals surface area (Å²) in [5, 5.41) is 0. The van der Waals surface area contributed by atoms with Gasteiger partial charge in [-0.05, 0) is 24.6 Å². The van der Waals surface area contributed by atoms with E-state index in [1.165, 1.54) is 0 Å². The van der Waals surface area contributed by atoms with Gasteiger partial charge in [-0.3, -0.25) is 0 Å². The lowest BCUT2D eigenvalue weighted by Crippen LogP contribution is -2.04. The number of anilines is 1. The van der Waals surface area contributed by atoms with Crippen molar-refractivity contribution < 1.29 is 4.74 Å². The third-order valence-electron chi connectivity index (χ3n) is 2.54. The van der Waals surface area contributed by atoms with Crippen LogP contribution in [0.4, 0.5) is 5.69 Å². The summed E-state index contributed by atoms with van der Waals surface area (Å²) >= 11 is 0. The SMILES string of the molecule is Cc1cccc(OCCc2ccccc2N)n1. The Hall–Kier alpha value is -2.03. The van der Waals surface area contributed by atoms with E-state index in [1.807, 2.05) is 49.4 Å². The summed E-state index contributed by atoms with van der Waals surface area (Å²) in [6.07, 6.45) is 0.794. The quantitative estimate of drug-likeness (QED) is 0.818. The van der Waals surface area contributed by atoms with Gasteiger partial charge < -0.3 is 10.5 Å². The van der Waals surface area contributed by atoms with Gasteiger partial charge in [0, 0.05) is 23.9 Å². The van der Waals surface area contributed by atoms with Crippen molar-refractivity contribution in [1.29, 1.82) is 0 Å². The third kappa shape index (κ3) is 3.21. The Bertz CT molecular complexity index is 497. The molecule has 1 aromatic carbocycles. The summed E-state index contributed by atoms with van der Waals surface area (Å²) in [4.78, 5) is 4.27. The molecule has 3 nitrogen and oxygen atoms in total. The molecule has 0 saturated heterocycles. The first-order valence-corrected chi connectivity index (χ1v) is 5.65. The lowest BCUT2D eigenvalue weighted by Gasteiger charge is -2.07. The Kier molecular flexibility index (Phi) is 3.60. The molecule has 88 valence electrons. The van der Waals surface area contributed by atoms with Gasteiger partial charge >= 0.3 is 0 Å². The van der Waals surface area contributed by atoms with Gasteiger partial charge in [0.25, 0.3) is 0 Å². The summed E-state index contributed by atoms with van der Waals surface area (Å²) in [5.74, 6) is 0.666. The molecule has 0 aliphatic rings. The maximum atomic E-state index is 5.85. The van der Waals surface area contributed by atoms with Crippen LogP contribution in [0.15, 0.2) is 42.5 Å². The second-order valence-corrected chi connectivity index (χ2v) is 3.91. The summed E-state index contributed by atoms with van der Waals surface area (Å²) in [5.41, 5.74) is 8.74. The molecular formula is C14H16N2O. The van der Waals surface area contributed by atoms with E-state index >= 15 is 0 Å². The largest absolute Gasteiger partial charge is 0.477 e. The van der Waals surface area contributed by atoms with Crippen molar-refractivity contribution in [2.75, 3.05) is 12.3 Å². The monoisotopic (exact) mass is 228 g/mol. The third-order valence-corrected chi connectivity index (χ3v) is 2.54. The maximum absolute atomic E-state index is 5.85. The number of para-hydroxylation sites is 1. The van der Waals surface area contributed by atoms with Crippen molar-refractivity contribution in [3.05, 3.63) is 53.7 Å². The van der Waals surface area contributed by atoms with Crippen LogP contribution in [0, 0.1) is 6.92 Å². The highest BCUT2D eigenvalue weighted by atomic mass is 16.5. The van der Waals surface area contributed by atoms with Crippen LogP contribution in [0.5, 0.6) is 5.88 Å². The molecule has 0 atom stereocenters. The summed E-state index contributed by atoms with van der Waals surface area (Å²) in [6.45, 7) is 2.53. The van der Waals surface area contributed by atoms with E-state index in [4.69, 9.17) is 10.5 Å². The summed E-state index contributed by atoms with van der Waals surface area (Å²) in [7, 11) is 0. The number of hydrogen-bond acceptors (Lipinski definition) is 3. The van der Waals surface area contributed by atoms with Gasteiger partial charge in [-0.15, -0.1) is 0 Å². The van der Waals surface area contributed by atoms with Crippen LogP contribution in [0.25, 0.3) is 0 Å². The molecule has 0 bridgehead atoms. The average molecular weight is 228 g/mol. The average Bonchev–Trinajstić information content (AvgIpc) is 2.32. The lowest BCUT2D eigenvalue weighted by atomic mass is 10.1. The van der Waals surface area contributed by atoms with Crippen LogP contribution in [-0.2, 0) is 6.42 Å². The van der Waals surface area contributed by atoms with Crippen molar-refractivity contribution in [2.45, 2.75) is 13.3 Å². The Labute approximate surface area is 101 Å². The van der Waals surface area contributed by atoms with Gasteiger partial charge in [-0.1, -0.05) is 24.3 Å². The fourth-order valence-electron chi connectivity index (χ4n) is 1.63. The molecule has 2 N–H and O–H groups in total. The van der Waals surface area contributed by atoms with Gasteiger partial charge in [0.1, 0.15) is 0 Å². The molecule has 0 fully saturated rings. The Morgan fingerprint density at radius 3 is 2.71 bits per heavy atom. The zero-order valence-corrected chi connectivity index (χ0v) is 9.89. The zero-order valence-electron chi connectivity index (χ0n) is 9.89. The van der Waals surface area contributed by atoms with Gasteiger partial charge in [0.15, 0.2) is 0 Å². The number of ether oxygens (including phenoxy) is 1. The van der Waals surface area contributed by atoms with E-state index in [-0.39, 0.29) is 0 Å². The first kappa shape index (κ1) is 11.5. The van der Waals surface area contributed by atoms with Gasteiger partial charge in [-0.25, -0.2) is 4.98 Å². The summed E-state index contributed by atoms with van der Waals surface area (Å²) < 4.78 is 5.58. The predicted octanol–water partition coefficient (Wildman–Crippen LogP) is 2.59. The van der Waals surface area contributed by atoms with Crippen molar-refractivity contribution in [2.24, 2.45) is 0 Å². The van der Waals surface area contributed by atoms with Crippen molar-refractivity contribution in [3.8, 4) is 5.88 Å². The van der Waals surface area contributed by atoms with Gasteiger partial charge in [0.2, 0.25) is 5.88 Å². The smallest absolute Gasteiger partial charge is 0.213 e. The van der Waals surface area contributed by atoms with Crippen molar-refractivity contribution >= 4 is 5.69 Å². The number of nitrogens with two attached hydrogens (primary N) is 1. The molecular weight excluding hydrogens is 212 g/mol. The van der Waals surface area contributed by atoms with E-state index in [2.05, 4.69) is 4.98 Å². The highest BCUT2D eigenvalue weighted by molar-refractivity contribution is 5.46. The molecule has 0 aliphatic carbocycles. The Balaban J connectivity index is 1.90. The van der Waals surface area contributed by atoms with E-state index in [1.54, 1.807) is 0 Å². The van der Waals surface area contributed by atoms with Crippen LogP contribution >= 0.6 is 0 Å². The number of aryl methyl sites for hydroxylation is 1. The minimum Gasteiger partial charge on any atom is -0.477 e. The number of rotatable bonds is 4. The fraction of sp³-hybridized carbons (Fsp3) is 0.214. The number of hydrogen-bond donors (Lipinski definition) is 1. The molecule has 0 saturated carbocycles. The zero-order chi connectivity index (χ0) is 12.1. The Morgan fingerprint density at radius 2 is 1.94 bits per heavy atom. The topological polar surface area (TPSA) is 48.1 Å². The van der Waals surface area contributed by atoms with Crippen LogP contribution in [0.3, 0.4) is 0 Å². The first-order chi connectivity index (χ1) is 8.25. The van der Waals surface area contributed by atoms with Crippen LogP contribution < -0.4 is 10.5 Å². The van der Waals surface area contributed by atoms with E-state index in [0.29, 0.717) is 12.5 Å². The molecule has 0 unspecified atom stereocenters. The van der Waals surface area contributed by atoms with Gasteiger partial charge in [0.05, 0.1) is 6.61 Å². The normalized spacial score (nSPS) is 10.2. The Morgan fingerprint density at radius 1 is 1.12 bits per heavy atom. The standard InChI is InChI=1S/C14H16N2O/c1-11-5-4-8-14(16-11)17-10-9-12-6-2-3-7-13(12)15/h2-8H,9-10,15H2,1H3. The number of aromatic nitrogens is 1. The van der Waals surface area contributed by atoms with E-state index in [0.717, 1.165) is 23.4 Å². The van der Waals surface area contributed by atoms with Crippen LogP contribution in [0.1, 0.15) is 11.3 Å². The highest BCUT2D eigenvalue weighted by Gasteiger charge is 1.99. The second kappa shape index (κ2) is 5.34.